The van der Waals surface area contributed by atoms with Crippen molar-refractivity contribution in [3.8, 4) is 0 Å². The van der Waals surface area contributed by atoms with E-state index in [1.807, 2.05) is 37.3 Å². The molecule has 0 spiro atoms. The van der Waals surface area contributed by atoms with Gasteiger partial charge < -0.3 is 10.1 Å². The molecule has 0 aliphatic heterocycles. The summed E-state index contributed by atoms with van der Waals surface area (Å²) < 4.78 is 42.3. The van der Waals surface area contributed by atoms with Crippen LogP contribution in [0.5, 0.6) is 0 Å². The van der Waals surface area contributed by atoms with Gasteiger partial charge in [-0.2, -0.15) is 13.2 Å². The molecule has 0 radical (unpaired) electrons. The maximum absolute atomic E-state index is 12.5. The summed E-state index contributed by atoms with van der Waals surface area (Å²) in [4.78, 5) is 23.7. The van der Waals surface area contributed by atoms with E-state index in [2.05, 4.69) is 5.32 Å². The molecule has 1 unspecified atom stereocenters. The summed E-state index contributed by atoms with van der Waals surface area (Å²) in [6, 6.07) is 13.3. The van der Waals surface area contributed by atoms with Crippen molar-refractivity contribution >= 4 is 11.9 Å². The van der Waals surface area contributed by atoms with Gasteiger partial charge in [0.1, 0.15) is 0 Å². The number of amides is 1. The quantitative estimate of drug-likeness (QED) is 0.740. The maximum Gasteiger partial charge on any atom is 0.416 e. The molecule has 4 nitrogen and oxygen atoms in total. The number of hydrogen-bond acceptors (Lipinski definition) is 3. The number of benzene rings is 2. The van der Waals surface area contributed by atoms with Crippen LogP contribution in [0.2, 0.25) is 0 Å². The van der Waals surface area contributed by atoms with Crippen molar-refractivity contribution in [1.82, 2.24) is 5.32 Å². The van der Waals surface area contributed by atoms with Gasteiger partial charge in [0.05, 0.1) is 11.1 Å². The van der Waals surface area contributed by atoms with Crippen molar-refractivity contribution < 1.29 is 27.5 Å². The van der Waals surface area contributed by atoms with Crippen LogP contribution in [0.1, 0.15) is 34.8 Å². The lowest BCUT2D eigenvalue weighted by Crippen LogP contribution is -2.36. The lowest BCUT2D eigenvalue weighted by atomic mass is 10.1. The zero-order valence-corrected chi connectivity index (χ0v) is 14.8. The van der Waals surface area contributed by atoms with Crippen LogP contribution in [0.25, 0.3) is 0 Å². The first-order valence-corrected chi connectivity index (χ1v) is 8.43. The fourth-order valence-electron chi connectivity index (χ4n) is 2.43. The number of ether oxygens (including phenoxy) is 1. The summed E-state index contributed by atoms with van der Waals surface area (Å²) in [7, 11) is 0. The summed E-state index contributed by atoms with van der Waals surface area (Å²) >= 11 is 0. The minimum absolute atomic E-state index is 0.0482. The molecule has 1 N–H and O–H groups in total. The number of alkyl halides is 3. The molecule has 2 aromatic carbocycles. The number of esters is 1. The van der Waals surface area contributed by atoms with Crippen LogP contribution in [0.15, 0.2) is 54.6 Å². The second-order valence-corrected chi connectivity index (χ2v) is 6.14. The molecule has 2 rings (SSSR count). The first kappa shape index (κ1) is 20.5. The van der Waals surface area contributed by atoms with Crippen molar-refractivity contribution in [2.24, 2.45) is 0 Å². The number of nitrogens with one attached hydrogen (secondary N) is 1. The van der Waals surface area contributed by atoms with E-state index in [1.165, 1.54) is 0 Å². The molecule has 1 amide bonds. The Hall–Kier alpha value is -2.83. The molecular weight excluding hydrogens is 359 g/mol. The van der Waals surface area contributed by atoms with Crippen LogP contribution in [0, 0.1) is 0 Å². The van der Waals surface area contributed by atoms with Gasteiger partial charge in [-0.05, 0) is 49.6 Å². The van der Waals surface area contributed by atoms with Gasteiger partial charge in [0.25, 0.3) is 5.91 Å². The third kappa shape index (κ3) is 6.77. The highest BCUT2D eigenvalue weighted by Gasteiger charge is 2.30. The number of carbonyl (C=O) groups is 2. The molecule has 7 heteroatoms. The number of rotatable bonds is 7. The number of carbonyl (C=O) groups excluding carboxylic acids is 2. The number of aryl methyl sites for hydroxylation is 1. The Kier molecular flexibility index (Phi) is 6.98. The first-order valence-electron chi connectivity index (χ1n) is 8.43. The second-order valence-electron chi connectivity index (χ2n) is 6.14. The van der Waals surface area contributed by atoms with Crippen molar-refractivity contribution in [2.75, 3.05) is 6.61 Å². The Balaban J connectivity index is 1.75. The molecule has 0 aliphatic carbocycles. The Morgan fingerprint density at radius 1 is 1.04 bits per heavy atom. The normalized spacial score (nSPS) is 12.3. The van der Waals surface area contributed by atoms with Crippen LogP contribution < -0.4 is 5.32 Å². The molecule has 0 saturated heterocycles. The van der Waals surface area contributed by atoms with E-state index in [-0.39, 0.29) is 11.6 Å². The SMILES string of the molecule is CC(CCc1ccccc1)NC(=O)COC(=O)c1ccc(C(F)(F)F)cc1. The van der Waals surface area contributed by atoms with E-state index < -0.39 is 30.2 Å². The average Bonchev–Trinajstić information content (AvgIpc) is 2.64. The van der Waals surface area contributed by atoms with Gasteiger partial charge in [-0.3, -0.25) is 4.79 Å². The zero-order chi connectivity index (χ0) is 19.9. The Bertz CT molecular complexity index is 758. The van der Waals surface area contributed by atoms with Crippen molar-refractivity contribution in [2.45, 2.75) is 32.0 Å². The fraction of sp³-hybridized carbons (Fsp3) is 0.300. The molecule has 0 aromatic heterocycles. The Morgan fingerprint density at radius 3 is 2.26 bits per heavy atom. The molecule has 144 valence electrons. The van der Waals surface area contributed by atoms with E-state index in [4.69, 9.17) is 4.74 Å². The van der Waals surface area contributed by atoms with E-state index in [0.717, 1.165) is 42.7 Å². The topological polar surface area (TPSA) is 55.4 Å². The molecule has 0 heterocycles. The second kappa shape index (κ2) is 9.21. The highest BCUT2D eigenvalue weighted by atomic mass is 19.4. The molecular formula is C20H20F3NO3. The third-order valence-electron chi connectivity index (χ3n) is 3.90. The van der Waals surface area contributed by atoms with Crippen LogP contribution in [-0.2, 0) is 22.1 Å². The van der Waals surface area contributed by atoms with Crippen molar-refractivity contribution in [3.63, 3.8) is 0 Å². The Labute approximate surface area is 155 Å². The standard InChI is InChI=1S/C20H20F3NO3/c1-14(7-8-15-5-3-2-4-6-15)24-18(25)13-27-19(26)16-9-11-17(12-10-16)20(21,22)23/h2-6,9-12,14H,7-8,13H2,1H3,(H,24,25). The van der Waals surface area contributed by atoms with E-state index in [9.17, 15) is 22.8 Å². The van der Waals surface area contributed by atoms with E-state index >= 15 is 0 Å². The highest BCUT2D eigenvalue weighted by Crippen LogP contribution is 2.29. The average molecular weight is 379 g/mol. The number of hydrogen-bond donors (Lipinski definition) is 1. The molecule has 2 aromatic rings. The predicted octanol–water partition coefficient (Wildman–Crippen LogP) is 4.00. The monoisotopic (exact) mass is 379 g/mol. The molecule has 0 fully saturated rings. The largest absolute Gasteiger partial charge is 0.452 e. The van der Waals surface area contributed by atoms with Gasteiger partial charge in [0.15, 0.2) is 6.61 Å². The van der Waals surface area contributed by atoms with Crippen LogP contribution in [0.4, 0.5) is 13.2 Å². The minimum atomic E-state index is -4.47. The van der Waals surface area contributed by atoms with Gasteiger partial charge in [-0.1, -0.05) is 30.3 Å². The lowest BCUT2D eigenvalue weighted by molar-refractivity contribution is -0.137. The highest BCUT2D eigenvalue weighted by molar-refractivity contribution is 5.91. The molecule has 0 bridgehead atoms. The van der Waals surface area contributed by atoms with Gasteiger partial charge in [-0.25, -0.2) is 4.79 Å². The summed E-state index contributed by atoms with van der Waals surface area (Å²) in [6.07, 6.45) is -2.95. The predicted molar refractivity (Wildman–Crippen MR) is 94.1 cm³/mol. The lowest BCUT2D eigenvalue weighted by Gasteiger charge is -2.14. The molecule has 0 aliphatic rings. The van der Waals surface area contributed by atoms with Crippen molar-refractivity contribution in [1.29, 1.82) is 0 Å². The fourth-order valence-corrected chi connectivity index (χ4v) is 2.43. The molecule has 0 saturated carbocycles. The summed E-state index contributed by atoms with van der Waals surface area (Å²) in [5.41, 5.74) is 0.254. The van der Waals surface area contributed by atoms with E-state index in [1.54, 1.807) is 0 Å². The first-order chi connectivity index (χ1) is 12.8. The smallest absolute Gasteiger partial charge is 0.416 e. The molecule has 1 atom stereocenters. The number of halogens is 3. The third-order valence-corrected chi connectivity index (χ3v) is 3.90. The molecule has 27 heavy (non-hydrogen) atoms. The summed E-state index contributed by atoms with van der Waals surface area (Å²) in [6.45, 7) is 1.36. The summed E-state index contributed by atoms with van der Waals surface area (Å²) in [5, 5.41) is 2.72. The van der Waals surface area contributed by atoms with Crippen LogP contribution in [0.3, 0.4) is 0 Å². The zero-order valence-electron chi connectivity index (χ0n) is 14.8. The van der Waals surface area contributed by atoms with Crippen molar-refractivity contribution in [3.05, 3.63) is 71.3 Å². The van der Waals surface area contributed by atoms with Gasteiger partial charge >= 0.3 is 12.1 Å². The van der Waals surface area contributed by atoms with E-state index in [0.29, 0.717) is 0 Å². The van der Waals surface area contributed by atoms with Crippen LogP contribution in [-0.4, -0.2) is 24.5 Å². The maximum atomic E-state index is 12.5. The van der Waals surface area contributed by atoms with Gasteiger partial charge in [0, 0.05) is 6.04 Å². The van der Waals surface area contributed by atoms with Crippen LogP contribution >= 0.6 is 0 Å². The summed E-state index contributed by atoms with van der Waals surface area (Å²) in [5.74, 6) is -1.31. The van der Waals surface area contributed by atoms with Gasteiger partial charge in [0.2, 0.25) is 0 Å². The minimum Gasteiger partial charge on any atom is -0.452 e. The Morgan fingerprint density at radius 2 is 1.67 bits per heavy atom. The van der Waals surface area contributed by atoms with Gasteiger partial charge in [-0.15, -0.1) is 0 Å².